The van der Waals surface area contributed by atoms with Gasteiger partial charge in [-0.15, -0.1) is 11.3 Å². The van der Waals surface area contributed by atoms with Crippen molar-refractivity contribution in [3.63, 3.8) is 0 Å². The van der Waals surface area contributed by atoms with Crippen LogP contribution in [0.2, 0.25) is 0 Å². The highest BCUT2D eigenvalue weighted by Crippen LogP contribution is 2.25. The normalized spacial score (nSPS) is 15.4. The smallest absolute Gasteiger partial charge is 0.292 e. The molecule has 0 atom stereocenters. The summed E-state index contributed by atoms with van der Waals surface area (Å²) in [5.74, 6) is 0.548. The maximum Gasteiger partial charge on any atom is 0.292 e. The molecule has 1 aliphatic rings. The minimum absolute atomic E-state index is 0.0742. The van der Waals surface area contributed by atoms with E-state index in [2.05, 4.69) is 20.4 Å². The van der Waals surface area contributed by atoms with Crippen LogP contribution in [0.15, 0.2) is 40.2 Å². The minimum Gasteiger partial charge on any atom is -0.349 e. The van der Waals surface area contributed by atoms with Crippen LogP contribution in [0.5, 0.6) is 0 Å². The first-order valence-corrected chi connectivity index (χ1v) is 11.1. The summed E-state index contributed by atoms with van der Waals surface area (Å²) in [6, 6.07) is 8.68. The van der Waals surface area contributed by atoms with Gasteiger partial charge in [-0.1, -0.05) is 17.3 Å². The van der Waals surface area contributed by atoms with Gasteiger partial charge in [-0.05, 0) is 79.9 Å². The molecule has 1 fully saturated rings. The Kier molecular flexibility index (Phi) is 6.54. The monoisotopic (exact) mass is 428 g/mol. The van der Waals surface area contributed by atoms with E-state index in [1.807, 2.05) is 30.5 Å². The Morgan fingerprint density at radius 1 is 1.30 bits per heavy atom. The number of halogens is 1. The number of aryl methyl sites for hydroxylation is 1. The number of benzene rings is 1. The first-order chi connectivity index (χ1) is 14.6. The lowest BCUT2D eigenvalue weighted by Crippen LogP contribution is -2.35. The van der Waals surface area contributed by atoms with Crippen molar-refractivity contribution in [1.29, 1.82) is 0 Å². The second-order valence-corrected chi connectivity index (χ2v) is 8.71. The maximum absolute atomic E-state index is 13.0. The molecule has 0 aliphatic carbocycles. The fraction of sp³-hybridized carbons (Fsp3) is 0.409. The molecule has 0 radical (unpaired) electrons. The van der Waals surface area contributed by atoms with Gasteiger partial charge in [0.15, 0.2) is 0 Å². The number of rotatable bonds is 7. The number of piperidine rings is 1. The van der Waals surface area contributed by atoms with Crippen LogP contribution in [-0.4, -0.2) is 40.6 Å². The molecular weight excluding hydrogens is 403 g/mol. The summed E-state index contributed by atoms with van der Waals surface area (Å²) in [6.45, 7) is 5.49. The topological polar surface area (TPSA) is 71.3 Å². The van der Waals surface area contributed by atoms with Crippen LogP contribution >= 0.6 is 11.3 Å². The summed E-state index contributed by atoms with van der Waals surface area (Å²) in [7, 11) is 0. The van der Waals surface area contributed by atoms with E-state index in [0.29, 0.717) is 18.4 Å². The number of hydrogen-bond donors (Lipinski definition) is 1. The molecule has 158 valence electrons. The molecule has 1 amide bonds. The lowest BCUT2D eigenvalue weighted by Gasteiger charge is -2.32. The number of carbonyl (C=O) groups is 1. The zero-order valence-electron chi connectivity index (χ0n) is 16.9. The van der Waals surface area contributed by atoms with Crippen LogP contribution < -0.4 is 5.32 Å². The Balaban J connectivity index is 1.18. The van der Waals surface area contributed by atoms with Gasteiger partial charge in [0.2, 0.25) is 0 Å². The van der Waals surface area contributed by atoms with Crippen LogP contribution in [0.25, 0.3) is 10.8 Å². The lowest BCUT2D eigenvalue weighted by atomic mass is 9.93. The summed E-state index contributed by atoms with van der Waals surface area (Å²) in [5.41, 5.74) is 2.27. The molecule has 3 heterocycles. The molecule has 4 rings (SSSR count). The minimum atomic E-state index is -0.299. The van der Waals surface area contributed by atoms with E-state index < -0.39 is 0 Å². The summed E-state index contributed by atoms with van der Waals surface area (Å²) < 4.78 is 18.2. The van der Waals surface area contributed by atoms with Gasteiger partial charge in [-0.2, -0.15) is 4.98 Å². The molecule has 6 nitrogen and oxygen atoms in total. The van der Waals surface area contributed by atoms with Gasteiger partial charge in [0.05, 0.1) is 4.88 Å². The van der Waals surface area contributed by atoms with Gasteiger partial charge < -0.3 is 9.84 Å². The Labute approximate surface area is 179 Å². The lowest BCUT2D eigenvalue weighted by molar-refractivity contribution is 0.0934. The third-order valence-electron chi connectivity index (χ3n) is 5.44. The average molecular weight is 429 g/mol. The molecule has 3 aromatic rings. The first-order valence-electron chi connectivity index (χ1n) is 10.2. The van der Waals surface area contributed by atoms with Crippen molar-refractivity contribution in [1.82, 2.24) is 20.4 Å². The molecule has 0 spiro atoms. The second-order valence-electron chi connectivity index (χ2n) is 7.80. The van der Waals surface area contributed by atoms with Crippen molar-refractivity contribution in [2.24, 2.45) is 5.92 Å². The standard InChI is InChI=1S/C22H25FN4O2S/c1-15-12-19(30-14-15)22-25-20(26-29-22)21(28)24-9-6-16-7-10-27(11-8-16)13-17-2-4-18(23)5-3-17/h2-5,12,14,16H,6-11,13H2,1H3,(H,24,28). The molecule has 1 aromatic carbocycles. The number of amides is 1. The van der Waals surface area contributed by atoms with Gasteiger partial charge in [0.25, 0.3) is 17.6 Å². The Morgan fingerprint density at radius 3 is 2.77 bits per heavy atom. The highest BCUT2D eigenvalue weighted by Gasteiger charge is 2.20. The van der Waals surface area contributed by atoms with Crippen molar-refractivity contribution < 1.29 is 13.7 Å². The van der Waals surface area contributed by atoms with E-state index in [0.717, 1.165) is 54.9 Å². The zero-order chi connectivity index (χ0) is 20.9. The summed E-state index contributed by atoms with van der Waals surface area (Å²) in [4.78, 5) is 19.8. The van der Waals surface area contributed by atoms with Crippen LogP contribution in [0.1, 0.15) is 41.0 Å². The summed E-state index contributed by atoms with van der Waals surface area (Å²) in [5, 5.41) is 8.71. The molecule has 1 aliphatic heterocycles. The number of aromatic nitrogens is 2. The fourth-order valence-corrected chi connectivity index (χ4v) is 4.53. The van der Waals surface area contributed by atoms with Crippen molar-refractivity contribution in [2.45, 2.75) is 32.7 Å². The summed E-state index contributed by atoms with van der Waals surface area (Å²) in [6.07, 6.45) is 3.13. The Morgan fingerprint density at radius 2 is 2.07 bits per heavy atom. The molecule has 30 heavy (non-hydrogen) atoms. The molecule has 0 bridgehead atoms. The van der Waals surface area contributed by atoms with E-state index >= 15 is 0 Å². The van der Waals surface area contributed by atoms with Gasteiger partial charge in [-0.25, -0.2) is 4.39 Å². The molecule has 0 unspecified atom stereocenters. The van der Waals surface area contributed by atoms with Crippen LogP contribution in [0.4, 0.5) is 4.39 Å². The predicted molar refractivity (Wildman–Crippen MR) is 114 cm³/mol. The summed E-state index contributed by atoms with van der Waals surface area (Å²) >= 11 is 1.52. The Bertz CT molecular complexity index is 977. The highest BCUT2D eigenvalue weighted by atomic mass is 32.1. The van der Waals surface area contributed by atoms with Crippen molar-refractivity contribution in [3.05, 3.63) is 58.5 Å². The molecular formula is C22H25FN4O2S. The first kappa shape index (κ1) is 20.7. The largest absolute Gasteiger partial charge is 0.349 e. The van der Waals surface area contributed by atoms with E-state index in [-0.39, 0.29) is 17.5 Å². The quantitative estimate of drug-likeness (QED) is 0.608. The number of hydrogen-bond acceptors (Lipinski definition) is 6. The maximum atomic E-state index is 13.0. The van der Waals surface area contributed by atoms with E-state index in [1.54, 1.807) is 0 Å². The Hall–Kier alpha value is -2.58. The third kappa shape index (κ3) is 5.31. The van der Waals surface area contributed by atoms with Crippen LogP contribution in [0.3, 0.4) is 0 Å². The molecule has 1 saturated heterocycles. The number of nitrogens with zero attached hydrogens (tertiary/aromatic N) is 3. The zero-order valence-corrected chi connectivity index (χ0v) is 17.8. The number of nitrogens with one attached hydrogen (secondary N) is 1. The van der Waals surface area contributed by atoms with Crippen LogP contribution in [-0.2, 0) is 6.54 Å². The van der Waals surface area contributed by atoms with Gasteiger partial charge in [0, 0.05) is 13.1 Å². The van der Waals surface area contributed by atoms with Gasteiger partial charge >= 0.3 is 0 Å². The van der Waals surface area contributed by atoms with Crippen molar-refractivity contribution in [3.8, 4) is 10.8 Å². The highest BCUT2D eigenvalue weighted by molar-refractivity contribution is 7.13. The number of thiophene rings is 1. The van der Waals surface area contributed by atoms with E-state index in [4.69, 9.17) is 4.52 Å². The van der Waals surface area contributed by atoms with E-state index in [1.165, 1.54) is 23.5 Å². The van der Waals surface area contributed by atoms with E-state index in [9.17, 15) is 9.18 Å². The second kappa shape index (κ2) is 9.49. The number of likely N-dealkylation sites (tertiary alicyclic amines) is 1. The van der Waals surface area contributed by atoms with Crippen LogP contribution in [0, 0.1) is 18.7 Å². The SMILES string of the molecule is Cc1csc(-c2nc(C(=O)NCCC3CCN(Cc4ccc(F)cc4)CC3)no2)c1. The molecule has 0 saturated carbocycles. The average Bonchev–Trinajstić information content (AvgIpc) is 3.40. The third-order valence-corrected chi connectivity index (χ3v) is 6.47. The molecule has 1 N–H and O–H groups in total. The number of carbonyl (C=O) groups excluding carboxylic acids is 1. The fourth-order valence-electron chi connectivity index (χ4n) is 3.71. The molecule has 2 aromatic heterocycles. The van der Waals surface area contributed by atoms with Crippen molar-refractivity contribution in [2.75, 3.05) is 19.6 Å². The van der Waals surface area contributed by atoms with Gasteiger partial charge in [0.1, 0.15) is 5.82 Å². The molecule has 8 heteroatoms. The predicted octanol–water partition coefficient (Wildman–Crippen LogP) is 4.28. The van der Waals surface area contributed by atoms with Crippen molar-refractivity contribution >= 4 is 17.2 Å². The van der Waals surface area contributed by atoms with Gasteiger partial charge in [-0.3, -0.25) is 9.69 Å².